The van der Waals surface area contributed by atoms with E-state index in [1.54, 1.807) is 0 Å². The fraction of sp³-hybridized carbons (Fsp3) is 0.385. The van der Waals surface area contributed by atoms with Gasteiger partial charge < -0.3 is 0 Å². The number of fused-ring (bicyclic) bond motifs is 2. The molecule has 171 valence electrons. The van der Waals surface area contributed by atoms with Crippen LogP contribution < -0.4 is 0 Å². The molecule has 0 fully saturated rings. The van der Waals surface area contributed by atoms with Gasteiger partial charge in [-0.05, 0) is 0 Å². The molecular weight excluding hydrogens is 567 g/mol. The quantitative estimate of drug-likeness (QED) is 0.243. The molecule has 0 heterocycles. The Morgan fingerprint density at radius 3 is 1.41 bits per heavy atom. The summed E-state index contributed by atoms with van der Waals surface area (Å²) in [4.78, 5) is 2.83. The average Bonchev–Trinajstić information content (AvgIpc) is 3.22. The standard InChI is InChI=1S/2C12H14S.C2H7Si.2ClH.Zr/c2*1-9-6-10-4-5-12(13(2)3)8-11(10)7-9;1-3-2;;;/h2*4-8H,1-3H3;3H,1-2H3;2*1H;/q2*+1;;;;+2/p-2. The van der Waals surface area contributed by atoms with Gasteiger partial charge in [-0.15, -0.1) is 0 Å². The molecule has 32 heavy (non-hydrogen) atoms. The van der Waals surface area contributed by atoms with Crippen LogP contribution in [0.1, 0.15) is 43.4 Å². The van der Waals surface area contributed by atoms with Gasteiger partial charge in [0.2, 0.25) is 0 Å². The third kappa shape index (κ3) is 3.84. The molecule has 0 saturated heterocycles. The molecule has 2 atom stereocenters. The van der Waals surface area contributed by atoms with Crippen LogP contribution in [0, 0.1) is 0 Å². The Hall–Kier alpha value is 0.300. The number of hydrogen-bond donors (Lipinski definition) is 0. The monoisotopic (exact) mass is 599 g/mol. The first-order valence-electron chi connectivity index (χ1n) is 11.2. The summed E-state index contributed by atoms with van der Waals surface area (Å²) in [6.45, 7) is 9.37. The van der Waals surface area contributed by atoms with Crippen LogP contribution in [0.3, 0.4) is 0 Å². The number of hydrogen-bond acceptors (Lipinski definition) is 0. The zero-order valence-corrected chi connectivity index (χ0v) is 27.2. The van der Waals surface area contributed by atoms with Crippen LogP contribution >= 0.6 is 17.0 Å². The van der Waals surface area contributed by atoms with Gasteiger partial charge in [0.1, 0.15) is 0 Å². The van der Waals surface area contributed by atoms with Crippen LogP contribution in [0.2, 0.25) is 13.1 Å². The molecule has 0 bridgehead atoms. The molecule has 0 N–H and O–H groups in total. The van der Waals surface area contributed by atoms with Crippen molar-refractivity contribution in [1.82, 2.24) is 0 Å². The summed E-state index contributed by atoms with van der Waals surface area (Å²) in [5, 5.41) is 0. The van der Waals surface area contributed by atoms with E-state index >= 15 is 0 Å². The Kier molecular flexibility index (Phi) is 6.95. The van der Waals surface area contributed by atoms with E-state index in [9.17, 15) is 0 Å². The molecular formula is C26H35Cl2S2SiZr+2. The Bertz CT molecular complexity index is 1070. The summed E-state index contributed by atoms with van der Waals surface area (Å²) < 4.78 is 0.411. The zero-order chi connectivity index (χ0) is 23.6. The molecule has 0 radical (unpaired) electrons. The molecule has 6 heteroatoms. The fourth-order valence-corrected chi connectivity index (χ4v) is 40.2. The maximum atomic E-state index is 8.15. The van der Waals surface area contributed by atoms with Crippen molar-refractivity contribution in [1.29, 1.82) is 0 Å². The van der Waals surface area contributed by atoms with E-state index in [-0.39, 0.29) is 29.0 Å². The van der Waals surface area contributed by atoms with Crippen molar-refractivity contribution in [3.63, 3.8) is 0 Å². The summed E-state index contributed by atoms with van der Waals surface area (Å²) in [6, 6.07) is 14.1. The summed E-state index contributed by atoms with van der Waals surface area (Å²) in [7, 11) is 16.8. The van der Waals surface area contributed by atoms with Crippen molar-refractivity contribution >= 4 is 56.9 Å². The van der Waals surface area contributed by atoms with E-state index in [4.69, 9.17) is 17.0 Å². The van der Waals surface area contributed by atoms with Crippen LogP contribution in [-0.2, 0) is 37.3 Å². The van der Waals surface area contributed by atoms with Gasteiger partial charge in [0.15, 0.2) is 0 Å². The zero-order valence-electron chi connectivity index (χ0n) is 20.4. The molecule has 2 aromatic carbocycles. The van der Waals surface area contributed by atoms with Gasteiger partial charge in [0.05, 0.1) is 0 Å². The predicted octanol–water partition coefficient (Wildman–Crippen LogP) is 7.76. The second-order valence-electron chi connectivity index (χ2n) is 10.2. The van der Waals surface area contributed by atoms with Crippen LogP contribution in [-0.4, -0.2) is 30.9 Å². The second-order valence-corrected chi connectivity index (χ2v) is 57.0. The molecule has 2 unspecified atom stereocenters. The van der Waals surface area contributed by atoms with E-state index in [2.05, 4.69) is 101 Å². The van der Waals surface area contributed by atoms with Crippen LogP contribution in [0.4, 0.5) is 0 Å². The third-order valence-corrected chi connectivity index (χ3v) is 62.2. The van der Waals surface area contributed by atoms with Crippen molar-refractivity contribution < 1.29 is 15.6 Å². The van der Waals surface area contributed by atoms with Crippen molar-refractivity contribution in [2.45, 2.75) is 44.0 Å². The average molecular weight is 602 g/mol. The van der Waals surface area contributed by atoms with Gasteiger partial charge in [-0.25, -0.2) is 0 Å². The fourth-order valence-electron chi connectivity index (χ4n) is 5.83. The number of rotatable bonds is 5. The first kappa shape index (κ1) is 25.4. The van der Waals surface area contributed by atoms with Crippen molar-refractivity contribution in [2.75, 3.05) is 25.0 Å². The summed E-state index contributed by atoms with van der Waals surface area (Å²) in [5.74, 6) is -1.42. The molecule has 0 saturated carbocycles. The van der Waals surface area contributed by atoms with Crippen molar-refractivity contribution in [2.24, 2.45) is 0 Å². The number of allylic oxidation sites excluding steroid dienone is 2. The number of benzene rings is 2. The molecule has 0 spiro atoms. The molecule has 0 aliphatic heterocycles. The van der Waals surface area contributed by atoms with Gasteiger partial charge in [-0.3, -0.25) is 0 Å². The van der Waals surface area contributed by atoms with Crippen LogP contribution in [0.25, 0.3) is 12.2 Å². The first-order valence-corrected chi connectivity index (χ1v) is 31.6. The minimum absolute atomic E-state index is 0.205. The summed E-state index contributed by atoms with van der Waals surface area (Å²) >= 11 is -4.42. The van der Waals surface area contributed by atoms with E-state index in [1.807, 2.05) is 0 Å². The third-order valence-electron chi connectivity index (χ3n) is 7.56. The first-order chi connectivity index (χ1) is 14.9. The van der Waals surface area contributed by atoms with E-state index < -0.39 is 21.5 Å². The molecule has 2 aromatic rings. The molecule has 4 rings (SSSR count). The molecule has 2 aliphatic rings. The SMILES string of the molecule is CC1=Cc2cc([S+](C)C)ccc2[CH]1[Zr]([Cl])([Cl])([CH]1C(C)=Cc2cc([S+](C)C)ccc21)[SiH](C)C. The van der Waals surface area contributed by atoms with Gasteiger partial charge in [-0.2, -0.15) is 0 Å². The van der Waals surface area contributed by atoms with Crippen LogP contribution in [0.15, 0.2) is 57.3 Å². The number of halogens is 2. The Labute approximate surface area is 209 Å². The minimum atomic E-state index is -4.42. The summed E-state index contributed by atoms with van der Waals surface area (Å²) in [5.41, 5.74) is 8.22. The van der Waals surface area contributed by atoms with Gasteiger partial charge in [0, 0.05) is 0 Å². The predicted molar refractivity (Wildman–Crippen MR) is 151 cm³/mol. The summed E-state index contributed by atoms with van der Waals surface area (Å²) in [6.07, 6.45) is 13.9. The van der Waals surface area contributed by atoms with Crippen molar-refractivity contribution in [3.05, 3.63) is 69.8 Å². The van der Waals surface area contributed by atoms with E-state index in [0.29, 0.717) is 0 Å². The normalized spacial score (nSPS) is 21.5. The van der Waals surface area contributed by atoms with E-state index in [0.717, 1.165) is 0 Å². The molecule has 0 aromatic heterocycles. The Balaban J connectivity index is 1.91. The van der Waals surface area contributed by atoms with Gasteiger partial charge in [-0.1, -0.05) is 0 Å². The topological polar surface area (TPSA) is 0 Å². The Morgan fingerprint density at radius 1 is 0.719 bits per heavy atom. The second kappa shape index (κ2) is 8.75. The van der Waals surface area contributed by atoms with Crippen molar-refractivity contribution in [3.8, 4) is 0 Å². The maximum absolute atomic E-state index is 8.15. The Morgan fingerprint density at radius 2 is 1.09 bits per heavy atom. The van der Waals surface area contributed by atoms with Gasteiger partial charge in [0.25, 0.3) is 0 Å². The molecule has 2 aliphatic carbocycles. The van der Waals surface area contributed by atoms with E-state index in [1.165, 1.54) is 43.2 Å². The van der Waals surface area contributed by atoms with Crippen LogP contribution in [0.5, 0.6) is 0 Å². The van der Waals surface area contributed by atoms with Gasteiger partial charge >= 0.3 is 211 Å². The molecule has 0 amide bonds. The molecule has 0 nitrogen and oxygen atoms in total.